The van der Waals surface area contributed by atoms with Crippen LogP contribution in [0.25, 0.3) is 0 Å². The maximum atomic E-state index is 11.2. The third-order valence-electron chi connectivity index (χ3n) is 3.21. The summed E-state index contributed by atoms with van der Waals surface area (Å²) < 4.78 is 10.5. The van der Waals surface area contributed by atoms with Crippen LogP contribution >= 0.6 is 0 Å². The Bertz CT molecular complexity index is 402. The molecule has 0 saturated carbocycles. The molecule has 0 radical (unpaired) electrons. The summed E-state index contributed by atoms with van der Waals surface area (Å²) in [6.45, 7) is 0.880. The number of carboxylic acid groups (broad SMARTS) is 1. The Labute approximate surface area is 100 Å². The van der Waals surface area contributed by atoms with Gasteiger partial charge in [0.2, 0.25) is 0 Å². The van der Waals surface area contributed by atoms with Crippen LogP contribution in [0.1, 0.15) is 17.9 Å². The van der Waals surface area contributed by atoms with Crippen LogP contribution in [0.2, 0.25) is 0 Å². The Morgan fingerprint density at radius 3 is 2.94 bits per heavy atom. The number of hydrogen-bond donors (Lipinski definition) is 1. The highest BCUT2D eigenvalue weighted by Gasteiger charge is 2.34. The van der Waals surface area contributed by atoms with Gasteiger partial charge >= 0.3 is 5.97 Å². The number of aliphatic carboxylic acids is 1. The van der Waals surface area contributed by atoms with Crippen molar-refractivity contribution in [2.24, 2.45) is 5.92 Å². The molecule has 1 heterocycles. The smallest absolute Gasteiger partial charge is 0.309 e. The van der Waals surface area contributed by atoms with Gasteiger partial charge in [0.1, 0.15) is 5.75 Å². The number of hydrogen-bond acceptors (Lipinski definition) is 3. The van der Waals surface area contributed by atoms with Crippen LogP contribution in [0.3, 0.4) is 0 Å². The third kappa shape index (κ3) is 2.42. The van der Waals surface area contributed by atoms with Crippen LogP contribution in [-0.2, 0) is 9.53 Å². The average Bonchev–Trinajstić information content (AvgIpc) is 2.38. The summed E-state index contributed by atoms with van der Waals surface area (Å²) in [5.74, 6) is -0.566. The second-order valence-electron chi connectivity index (χ2n) is 4.16. The van der Waals surface area contributed by atoms with E-state index in [9.17, 15) is 9.90 Å². The molecule has 1 aliphatic heterocycles. The van der Waals surface area contributed by atoms with E-state index in [1.54, 1.807) is 7.11 Å². The topological polar surface area (TPSA) is 55.8 Å². The first-order valence-corrected chi connectivity index (χ1v) is 5.67. The van der Waals surface area contributed by atoms with Crippen LogP contribution in [0.15, 0.2) is 24.3 Å². The van der Waals surface area contributed by atoms with Gasteiger partial charge in [-0.15, -0.1) is 0 Å². The number of carboxylic acids is 1. The molecule has 1 aromatic rings. The highest BCUT2D eigenvalue weighted by Crippen LogP contribution is 2.37. The summed E-state index contributed by atoms with van der Waals surface area (Å²) in [7, 11) is 1.61. The van der Waals surface area contributed by atoms with Gasteiger partial charge in [0.15, 0.2) is 0 Å². The third-order valence-corrected chi connectivity index (χ3v) is 3.21. The Hall–Kier alpha value is -1.55. The van der Waals surface area contributed by atoms with Crippen molar-refractivity contribution in [3.63, 3.8) is 0 Å². The van der Waals surface area contributed by atoms with Crippen LogP contribution in [0, 0.1) is 5.92 Å². The number of methoxy groups -OCH3 is 1. The minimum absolute atomic E-state index is 0.0302. The van der Waals surface area contributed by atoms with Gasteiger partial charge in [0.25, 0.3) is 0 Å². The van der Waals surface area contributed by atoms with Crippen LogP contribution in [-0.4, -0.2) is 31.4 Å². The van der Waals surface area contributed by atoms with Gasteiger partial charge in [-0.3, -0.25) is 4.79 Å². The van der Waals surface area contributed by atoms with E-state index >= 15 is 0 Å². The Morgan fingerprint density at radius 1 is 1.47 bits per heavy atom. The van der Waals surface area contributed by atoms with E-state index in [1.165, 1.54) is 0 Å². The number of ether oxygens (including phenoxy) is 2. The number of para-hydroxylation sites is 1. The Kier molecular flexibility index (Phi) is 3.64. The number of benzene rings is 1. The molecule has 2 atom stereocenters. The SMILES string of the molecule is COc1ccccc1C1CCOCC1C(=O)O. The summed E-state index contributed by atoms with van der Waals surface area (Å²) in [4.78, 5) is 11.2. The molecule has 2 unspecified atom stereocenters. The molecule has 0 aromatic heterocycles. The molecular formula is C13H16O4. The van der Waals surface area contributed by atoms with Gasteiger partial charge in [-0.1, -0.05) is 18.2 Å². The van der Waals surface area contributed by atoms with Crippen molar-refractivity contribution in [2.75, 3.05) is 20.3 Å². The lowest BCUT2D eigenvalue weighted by atomic mass is 9.82. The second kappa shape index (κ2) is 5.19. The quantitative estimate of drug-likeness (QED) is 0.870. The van der Waals surface area contributed by atoms with Crippen molar-refractivity contribution in [3.8, 4) is 5.75 Å². The summed E-state index contributed by atoms with van der Waals surface area (Å²) in [5.41, 5.74) is 0.964. The zero-order valence-corrected chi connectivity index (χ0v) is 9.76. The molecule has 92 valence electrons. The fourth-order valence-electron chi connectivity index (χ4n) is 2.33. The van der Waals surface area contributed by atoms with E-state index in [2.05, 4.69) is 0 Å². The van der Waals surface area contributed by atoms with E-state index in [0.717, 1.165) is 17.7 Å². The maximum absolute atomic E-state index is 11.2. The monoisotopic (exact) mass is 236 g/mol. The van der Waals surface area contributed by atoms with E-state index in [-0.39, 0.29) is 12.5 Å². The lowest BCUT2D eigenvalue weighted by Crippen LogP contribution is -2.32. The molecule has 4 heteroatoms. The zero-order valence-electron chi connectivity index (χ0n) is 9.76. The van der Waals surface area contributed by atoms with Gasteiger partial charge in [-0.2, -0.15) is 0 Å². The molecule has 1 aliphatic rings. The normalized spacial score (nSPS) is 24.3. The van der Waals surface area contributed by atoms with Gasteiger partial charge in [-0.05, 0) is 18.1 Å². The highest BCUT2D eigenvalue weighted by molar-refractivity contribution is 5.72. The van der Waals surface area contributed by atoms with E-state index < -0.39 is 11.9 Å². The van der Waals surface area contributed by atoms with E-state index in [4.69, 9.17) is 9.47 Å². The predicted octanol–water partition coefficient (Wildman–Crippen LogP) is 1.90. The molecule has 1 fully saturated rings. The Balaban J connectivity index is 2.32. The summed E-state index contributed by atoms with van der Waals surface area (Å²) in [6.07, 6.45) is 0.720. The zero-order chi connectivity index (χ0) is 12.3. The van der Waals surface area contributed by atoms with Crippen LogP contribution in [0.5, 0.6) is 5.75 Å². The molecule has 17 heavy (non-hydrogen) atoms. The second-order valence-corrected chi connectivity index (χ2v) is 4.16. The molecule has 2 rings (SSSR count). The van der Waals surface area contributed by atoms with Crippen molar-refractivity contribution < 1.29 is 19.4 Å². The minimum Gasteiger partial charge on any atom is -0.496 e. The minimum atomic E-state index is -0.805. The van der Waals surface area contributed by atoms with Gasteiger partial charge < -0.3 is 14.6 Å². The lowest BCUT2D eigenvalue weighted by Gasteiger charge is -2.29. The highest BCUT2D eigenvalue weighted by atomic mass is 16.5. The van der Waals surface area contributed by atoms with Gasteiger partial charge in [0, 0.05) is 12.5 Å². The Morgan fingerprint density at radius 2 is 2.24 bits per heavy atom. The molecule has 4 nitrogen and oxygen atoms in total. The summed E-state index contributed by atoms with van der Waals surface area (Å²) >= 11 is 0. The number of rotatable bonds is 3. The molecule has 1 N–H and O–H groups in total. The number of carbonyl (C=O) groups is 1. The predicted molar refractivity (Wildman–Crippen MR) is 62.3 cm³/mol. The average molecular weight is 236 g/mol. The molecule has 0 spiro atoms. The largest absolute Gasteiger partial charge is 0.496 e. The van der Waals surface area contributed by atoms with Crippen molar-refractivity contribution in [3.05, 3.63) is 29.8 Å². The fraction of sp³-hybridized carbons (Fsp3) is 0.462. The first-order valence-electron chi connectivity index (χ1n) is 5.67. The fourth-order valence-corrected chi connectivity index (χ4v) is 2.33. The van der Waals surface area contributed by atoms with Crippen molar-refractivity contribution in [1.82, 2.24) is 0 Å². The van der Waals surface area contributed by atoms with Crippen molar-refractivity contribution in [2.45, 2.75) is 12.3 Å². The molecule has 1 saturated heterocycles. The van der Waals surface area contributed by atoms with Crippen molar-refractivity contribution >= 4 is 5.97 Å². The summed E-state index contributed by atoms with van der Waals surface area (Å²) in [5, 5.41) is 9.21. The van der Waals surface area contributed by atoms with Crippen molar-refractivity contribution in [1.29, 1.82) is 0 Å². The summed E-state index contributed by atoms with van der Waals surface area (Å²) in [6, 6.07) is 7.60. The van der Waals surface area contributed by atoms with Gasteiger partial charge in [0.05, 0.1) is 19.6 Å². The standard InChI is InChI=1S/C13H16O4/c1-16-12-5-3-2-4-10(12)9-6-7-17-8-11(9)13(14)15/h2-5,9,11H,6-8H2,1H3,(H,14,15). The van der Waals surface area contributed by atoms with E-state index in [0.29, 0.717) is 6.61 Å². The first kappa shape index (κ1) is 11.9. The molecule has 0 aliphatic carbocycles. The molecular weight excluding hydrogens is 220 g/mol. The van der Waals surface area contributed by atoms with E-state index in [1.807, 2.05) is 24.3 Å². The molecule has 1 aromatic carbocycles. The van der Waals surface area contributed by atoms with Crippen LogP contribution in [0.4, 0.5) is 0 Å². The lowest BCUT2D eigenvalue weighted by molar-refractivity contribution is -0.147. The molecule has 0 bridgehead atoms. The maximum Gasteiger partial charge on any atom is 0.309 e. The molecule has 0 amide bonds. The van der Waals surface area contributed by atoms with Crippen LogP contribution < -0.4 is 4.74 Å². The first-order chi connectivity index (χ1) is 8.24. The van der Waals surface area contributed by atoms with Gasteiger partial charge in [-0.25, -0.2) is 0 Å².